The van der Waals surface area contributed by atoms with E-state index in [0.717, 1.165) is 40.7 Å². The Bertz CT molecular complexity index is 1140. The normalized spacial score (nSPS) is 19.0. The third kappa shape index (κ3) is 4.50. The van der Waals surface area contributed by atoms with Crippen LogP contribution in [-0.4, -0.2) is 47.1 Å². The van der Waals surface area contributed by atoms with Crippen molar-refractivity contribution in [2.75, 3.05) is 25.5 Å². The van der Waals surface area contributed by atoms with E-state index in [4.69, 9.17) is 16.9 Å². The number of carbonyl (C=O) groups is 1. The monoisotopic (exact) mass is 415 g/mol. The van der Waals surface area contributed by atoms with E-state index in [0.29, 0.717) is 18.9 Å². The van der Waals surface area contributed by atoms with Gasteiger partial charge in [-0.1, -0.05) is 24.1 Å². The molecule has 0 aliphatic carbocycles. The number of methoxy groups -OCH3 is 1. The number of terminal acetylenes is 1. The van der Waals surface area contributed by atoms with Gasteiger partial charge in [0.1, 0.15) is 12.1 Å². The van der Waals surface area contributed by atoms with E-state index in [2.05, 4.69) is 32.2 Å². The lowest BCUT2D eigenvalue weighted by atomic mass is 9.92. The highest BCUT2D eigenvalue weighted by Crippen LogP contribution is 2.29. The lowest BCUT2D eigenvalue weighted by molar-refractivity contribution is -0.148. The average Bonchev–Trinajstić information content (AvgIpc) is 2.80. The van der Waals surface area contributed by atoms with Crippen molar-refractivity contribution in [2.24, 2.45) is 11.7 Å². The Hall–Kier alpha value is -3.47. The van der Waals surface area contributed by atoms with Gasteiger partial charge >= 0.3 is 5.97 Å². The van der Waals surface area contributed by atoms with Crippen LogP contribution < -0.4 is 11.1 Å². The summed E-state index contributed by atoms with van der Waals surface area (Å²) in [6.45, 7) is 2.03. The number of hydrogen-bond donors (Lipinski definition) is 2. The molecule has 0 radical (unpaired) electrons. The van der Waals surface area contributed by atoms with Gasteiger partial charge in [-0.2, -0.15) is 0 Å². The molecule has 3 aromatic rings. The molecule has 2 heterocycles. The second kappa shape index (κ2) is 9.13. The van der Waals surface area contributed by atoms with Gasteiger partial charge in [-0.3, -0.25) is 9.69 Å². The number of benzene rings is 2. The molecule has 2 atom stereocenters. The molecule has 1 saturated heterocycles. The number of rotatable bonds is 5. The number of nitrogens with one attached hydrogen (secondary N) is 1. The fourth-order valence-electron chi connectivity index (χ4n) is 4.05. The molecule has 0 saturated carbocycles. The van der Waals surface area contributed by atoms with Crippen molar-refractivity contribution in [3.63, 3.8) is 0 Å². The number of hydrogen-bond acceptors (Lipinski definition) is 7. The number of esters is 1. The molecule has 7 heteroatoms. The van der Waals surface area contributed by atoms with Crippen LogP contribution in [0.15, 0.2) is 48.8 Å². The Labute approximate surface area is 181 Å². The molecule has 1 aliphatic heterocycles. The van der Waals surface area contributed by atoms with E-state index in [1.54, 1.807) is 6.33 Å². The molecule has 0 spiro atoms. The number of nitrogens with two attached hydrogens (primary N) is 1. The lowest BCUT2D eigenvalue weighted by Crippen LogP contribution is -2.50. The molecule has 4 rings (SSSR count). The van der Waals surface area contributed by atoms with Gasteiger partial charge in [-0.25, -0.2) is 9.97 Å². The summed E-state index contributed by atoms with van der Waals surface area (Å²) in [6.07, 6.45) is 7.82. The zero-order valence-corrected chi connectivity index (χ0v) is 17.4. The predicted octanol–water partition coefficient (Wildman–Crippen LogP) is 2.68. The van der Waals surface area contributed by atoms with E-state index in [-0.39, 0.29) is 17.9 Å². The number of carbonyl (C=O) groups excluding carboxylic acids is 1. The minimum absolute atomic E-state index is 0.180. The van der Waals surface area contributed by atoms with Crippen LogP contribution in [-0.2, 0) is 16.1 Å². The average molecular weight is 415 g/mol. The van der Waals surface area contributed by atoms with E-state index in [9.17, 15) is 4.79 Å². The summed E-state index contributed by atoms with van der Waals surface area (Å²) in [5.41, 5.74) is 9.74. The number of fused-ring (bicyclic) bond motifs is 1. The van der Waals surface area contributed by atoms with Gasteiger partial charge in [0, 0.05) is 42.3 Å². The van der Waals surface area contributed by atoms with Gasteiger partial charge in [-0.05, 0) is 36.2 Å². The fraction of sp³-hybridized carbons (Fsp3) is 0.292. The van der Waals surface area contributed by atoms with E-state index in [1.807, 2.05) is 36.4 Å². The summed E-state index contributed by atoms with van der Waals surface area (Å²) in [5, 5.41) is 4.33. The van der Waals surface area contributed by atoms with Gasteiger partial charge in [0.15, 0.2) is 0 Å². The van der Waals surface area contributed by atoms with E-state index < -0.39 is 0 Å². The van der Waals surface area contributed by atoms with Crippen molar-refractivity contribution in [3.05, 3.63) is 59.9 Å². The molecular formula is C24H25N5O2. The van der Waals surface area contributed by atoms with Crippen LogP contribution in [0.5, 0.6) is 0 Å². The van der Waals surface area contributed by atoms with Crippen LogP contribution in [0.1, 0.15) is 17.5 Å². The first-order valence-corrected chi connectivity index (χ1v) is 10.2. The summed E-state index contributed by atoms with van der Waals surface area (Å²) < 4.78 is 4.94. The number of ether oxygens (including phenoxy) is 1. The summed E-state index contributed by atoms with van der Waals surface area (Å²) in [5.74, 6) is 2.79. The third-order valence-electron chi connectivity index (χ3n) is 5.69. The predicted molar refractivity (Wildman–Crippen MR) is 121 cm³/mol. The molecule has 0 unspecified atom stereocenters. The third-order valence-corrected chi connectivity index (χ3v) is 5.69. The van der Waals surface area contributed by atoms with Crippen LogP contribution in [0.25, 0.3) is 10.9 Å². The molecule has 3 N–H and O–H groups in total. The maximum absolute atomic E-state index is 12.1. The Morgan fingerprint density at radius 1 is 1.32 bits per heavy atom. The molecule has 158 valence electrons. The maximum atomic E-state index is 12.1. The zero-order valence-electron chi connectivity index (χ0n) is 17.4. The van der Waals surface area contributed by atoms with Crippen LogP contribution in [0.4, 0.5) is 11.5 Å². The van der Waals surface area contributed by atoms with Crippen molar-refractivity contribution in [2.45, 2.75) is 19.0 Å². The van der Waals surface area contributed by atoms with Gasteiger partial charge in [0.05, 0.1) is 18.5 Å². The number of aromatic nitrogens is 2. The SMILES string of the molecule is C#Cc1cccc(Nc2ncnc3cccc(CN4CC[C@@H](N)[C@H](C(=O)OC)C4)c23)c1. The standard InChI is InChI=1S/C24H25N5O2/c1-3-16-6-4-8-18(12-16)28-23-22-17(7-5-9-21(22)26-15-27-23)13-29-11-10-20(25)19(14-29)24(30)31-2/h1,4-9,12,15,19-20H,10-11,13-14,25H2,2H3,(H,26,27,28)/t19-,20-/m1/s1. The molecule has 1 aromatic heterocycles. The van der Waals surface area contributed by atoms with Crippen molar-refractivity contribution in [1.82, 2.24) is 14.9 Å². The van der Waals surface area contributed by atoms with Gasteiger partial charge in [0.2, 0.25) is 0 Å². The summed E-state index contributed by atoms with van der Waals surface area (Å²) in [7, 11) is 1.41. The van der Waals surface area contributed by atoms with Crippen LogP contribution in [0.3, 0.4) is 0 Å². The van der Waals surface area contributed by atoms with Crippen LogP contribution in [0.2, 0.25) is 0 Å². The highest BCUT2D eigenvalue weighted by molar-refractivity contribution is 5.93. The highest BCUT2D eigenvalue weighted by atomic mass is 16.5. The van der Waals surface area contributed by atoms with Crippen LogP contribution in [0, 0.1) is 18.3 Å². The van der Waals surface area contributed by atoms with Crippen molar-refractivity contribution >= 4 is 28.4 Å². The van der Waals surface area contributed by atoms with Crippen LogP contribution >= 0.6 is 0 Å². The Kier molecular flexibility index (Phi) is 6.12. The number of piperidine rings is 1. The zero-order chi connectivity index (χ0) is 21.8. The Balaban J connectivity index is 1.64. The first-order valence-electron chi connectivity index (χ1n) is 10.2. The van der Waals surface area contributed by atoms with Crippen molar-refractivity contribution in [3.8, 4) is 12.3 Å². The second-order valence-corrected chi connectivity index (χ2v) is 7.70. The lowest BCUT2D eigenvalue weighted by Gasteiger charge is -2.35. The van der Waals surface area contributed by atoms with E-state index in [1.165, 1.54) is 7.11 Å². The molecular weight excluding hydrogens is 390 g/mol. The maximum Gasteiger partial charge on any atom is 0.311 e. The van der Waals surface area contributed by atoms with Gasteiger partial charge < -0.3 is 15.8 Å². The minimum Gasteiger partial charge on any atom is -0.469 e. The van der Waals surface area contributed by atoms with E-state index >= 15 is 0 Å². The molecule has 1 aliphatic rings. The highest BCUT2D eigenvalue weighted by Gasteiger charge is 2.33. The quantitative estimate of drug-likeness (QED) is 0.489. The Morgan fingerprint density at radius 3 is 2.97 bits per heavy atom. The molecule has 0 amide bonds. The summed E-state index contributed by atoms with van der Waals surface area (Å²) in [6, 6.07) is 13.5. The number of likely N-dealkylation sites (tertiary alicyclic amines) is 1. The molecule has 0 bridgehead atoms. The van der Waals surface area contributed by atoms with Gasteiger partial charge in [-0.15, -0.1) is 6.42 Å². The molecule has 1 fully saturated rings. The number of anilines is 2. The molecule has 31 heavy (non-hydrogen) atoms. The first-order chi connectivity index (χ1) is 15.1. The second-order valence-electron chi connectivity index (χ2n) is 7.70. The smallest absolute Gasteiger partial charge is 0.311 e. The molecule has 7 nitrogen and oxygen atoms in total. The summed E-state index contributed by atoms with van der Waals surface area (Å²) in [4.78, 5) is 23.3. The summed E-state index contributed by atoms with van der Waals surface area (Å²) >= 11 is 0. The minimum atomic E-state index is -0.325. The van der Waals surface area contributed by atoms with Crippen molar-refractivity contribution in [1.29, 1.82) is 0 Å². The van der Waals surface area contributed by atoms with Crippen molar-refractivity contribution < 1.29 is 9.53 Å². The molecule has 2 aromatic carbocycles. The number of nitrogens with zero attached hydrogens (tertiary/aromatic N) is 3. The Morgan fingerprint density at radius 2 is 2.16 bits per heavy atom. The first kappa shape index (κ1) is 20.8. The largest absolute Gasteiger partial charge is 0.469 e. The topological polar surface area (TPSA) is 93.4 Å². The fourth-order valence-corrected chi connectivity index (χ4v) is 4.05. The van der Waals surface area contributed by atoms with Gasteiger partial charge in [0.25, 0.3) is 0 Å².